The standard InChI is InChI=1S/C18H28N2O/c1-5-9-19-17-16-11-13-6-7-14(21-4)12-15(13)18(17,2)8-10-20(16)3/h6-7,12,16-17,19H,5,8-11H2,1-4H3/t16-,17?,18?/m1/s1. The fourth-order valence-corrected chi connectivity index (χ4v) is 4.26. The van der Waals surface area contributed by atoms with E-state index in [1.165, 1.54) is 30.5 Å². The number of nitrogens with zero attached hydrogens (tertiary/aromatic N) is 1. The Balaban J connectivity index is 2.04. The van der Waals surface area contributed by atoms with Crippen LogP contribution in [0.5, 0.6) is 5.75 Å². The van der Waals surface area contributed by atoms with Gasteiger partial charge < -0.3 is 15.0 Å². The Kier molecular flexibility index (Phi) is 3.98. The van der Waals surface area contributed by atoms with Gasteiger partial charge in [0.25, 0.3) is 0 Å². The number of likely N-dealkylation sites (tertiary alicyclic amines) is 1. The van der Waals surface area contributed by atoms with Crippen molar-refractivity contribution in [3.8, 4) is 5.75 Å². The Hall–Kier alpha value is -1.06. The monoisotopic (exact) mass is 288 g/mol. The molecule has 3 nitrogen and oxygen atoms in total. The summed E-state index contributed by atoms with van der Waals surface area (Å²) in [6.07, 6.45) is 3.54. The van der Waals surface area contributed by atoms with Crippen molar-refractivity contribution in [2.45, 2.75) is 50.6 Å². The Labute approximate surface area is 128 Å². The molecule has 21 heavy (non-hydrogen) atoms. The van der Waals surface area contributed by atoms with Crippen molar-refractivity contribution in [2.24, 2.45) is 0 Å². The van der Waals surface area contributed by atoms with Gasteiger partial charge in [0, 0.05) is 17.5 Å². The molecule has 3 atom stereocenters. The molecule has 3 rings (SSSR count). The van der Waals surface area contributed by atoms with Crippen molar-refractivity contribution in [1.82, 2.24) is 10.2 Å². The summed E-state index contributed by atoms with van der Waals surface area (Å²) < 4.78 is 5.47. The van der Waals surface area contributed by atoms with Crippen LogP contribution in [-0.4, -0.2) is 44.2 Å². The average Bonchev–Trinajstić information content (AvgIpc) is 2.50. The lowest BCUT2D eigenvalue weighted by atomic mass is 9.61. The number of benzene rings is 1. The molecule has 1 N–H and O–H groups in total. The number of piperidine rings is 1. The van der Waals surface area contributed by atoms with E-state index >= 15 is 0 Å². The first-order valence-corrected chi connectivity index (χ1v) is 8.21. The predicted octanol–water partition coefficient (Wildman–Crippen LogP) is 2.58. The number of nitrogens with one attached hydrogen (secondary N) is 1. The Bertz CT molecular complexity index is 516. The summed E-state index contributed by atoms with van der Waals surface area (Å²) in [6.45, 7) is 6.97. The van der Waals surface area contributed by atoms with Crippen LogP contribution in [0.4, 0.5) is 0 Å². The van der Waals surface area contributed by atoms with Gasteiger partial charge in [0.15, 0.2) is 0 Å². The largest absolute Gasteiger partial charge is 0.497 e. The van der Waals surface area contributed by atoms with Gasteiger partial charge in [-0.25, -0.2) is 0 Å². The highest BCUT2D eigenvalue weighted by molar-refractivity contribution is 5.45. The van der Waals surface area contributed by atoms with Crippen LogP contribution < -0.4 is 10.1 Å². The van der Waals surface area contributed by atoms with Crippen LogP contribution in [0.25, 0.3) is 0 Å². The average molecular weight is 288 g/mol. The second-order valence-electron chi connectivity index (χ2n) is 6.87. The molecule has 1 heterocycles. The Morgan fingerprint density at radius 3 is 2.95 bits per heavy atom. The number of methoxy groups -OCH3 is 1. The minimum atomic E-state index is 0.217. The first-order chi connectivity index (χ1) is 10.1. The van der Waals surface area contributed by atoms with Gasteiger partial charge in [-0.15, -0.1) is 0 Å². The molecule has 2 bridgehead atoms. The van der Waals surface area contributed by atoms with Gasteiger partial charge in [0.2, 0.25) is 0 Å². The Morgan fingerprint density at radius 2 is 2.24 bits per heavy atom. The molecule has 116 valence electrons. The van der Waals surface area contributed by atoms with E-state index in [9.17, 15) is 0 Å². The third-order valence-corrected chi connectivity index (χ3v) is 5.60. The lowest BCUT2D eigenvalue weighted by Crippen LogP contribution is -2.66. The number of hydrogen-bond donors (Lipinski definition) is 1. The first kappa shape index (κ1) is 14.9. The zero-order valence-electron chi connectivity index (χ0n) is 13.8. The van der Waals surface area contributed by atoms with Gasteiger partial charge in [0.1, 0.15) is 5.75 Å². The van der Waals surface area contributed by atoms with E-state index in [0.29, 0.717) is 12.1 Å². The molecule has 0 amide bonds. The first-order valence-electron chi connectivity index (χ1n) is 8.21. The summed E-state index contributed by atoms with van der Waals surface area (Å²) in [5.41, 5.74) is 3.22. The van der Waals surface area contributed by atoms with E-state index in [1.807, 2.05) is 0 Å². The molecule has 3 heteroatoms. The number of rotatable bonds is 4. The van der Waals surface area contributed by atoms with Crippen LogP contribution in [0.2, 0.25) is 0 Å². The van der Waals surface area contributed by atoms with Gasteiger partial charge in [0.05, 0.1) is 7.11 Å². The highest BCUT2D eigenvalue weighted by Crippen LogP contribution is 2.45. The molecule has 1 aliphatic heterocycles. The van der Waals surface area contributed by atoms with Crippen LogP contribution in [0, 0.1) is 0 Å². The van der Waals surface area contributed by atoms with Crippen molar-refractivity contribution in [1.29, 1.82) is 0 Å². The summed E-state index contributed by atoms with van der Waals surface area (Å²) in [6, 6.07) is 7.80. The molecule has 1 saturated heterocycles. The lowest BCUT2D eigenvalue weighted by molar-refractivity contribution is 0.0661. The van der Waals surface area contributed by atoms with Crippen molar-refractivity contribution in [3.05, 3.63) is 29.3 Å². The maximum Gasteiger partial charge on any atom is 0.119 e. The van der Waals surface area contributed by atoms with Gasteiger partial charge in [-0.3, -0.25) is 0 Å². The molecule has 0 spiro atoms. The summed E-state index contributed by atoms with van der Waals surface area (Å²) in [4.78, 5) is 2.54. The zero-order valence-corrected chi connectivity index (χ0v) is 13.8. The molecular formula is C18H28N2O. The molecule has 1 aromatic rings. The minimum Gasteiger partial charge on any atom is -0.497 e. The van der Waals surface area contributed by atoms with Gasteiger partial charge >= 0.3 is 0 Å². The van der Waals surface area contributed by atoms with Crippen LogP contribution >= 0.6 is 0 Å². The highest BCUT2D eigenvalue weighted by Gasteiger charge is 2.49. The van der Waals surface area contributed by atoms with Crippen LogP contribution in [-0.2, 0) is 11.8 Å². The lowest BCUT2D eigenvalue weighted by Gasteiger charge is -2.55. The maximum absolute atomic E-state index is 5.47. The van der Waals surface area contributed by atoms with Crippen molar-refractivity contribution in [2.75, 3.05) is 27.2 Å². The van der Waals surface area contributed by atoms with E-state index < -0.39 is 0 Å². The number of hydrogen-bond acceptors (Lipinski definition) is 3. The molecule has 2 aliphatic rings. The number of likely N-dealkylation sites (N-methyl/N-ethyl adjacent to an activating group) is 1. The van der Waals surface area contributed by atoms with Crippen LogP contribution in [0.1, 0.15) is 37.8 Å². The fourth-order valence-electron chi connectivity index (χ4n) is 4.26. The summed E-state index contributed by atoms with van der Waals surface area (Å²) >= 11 is 0. The number of fused-ring (bicyclic) bond motifs is 4. The van der Waals surface area contributed by atoms with Gasteiger partial charge in [-0.2, -0.15) is 0 Å². The highest BCUT2D eigenvalue weighted by atomic mass is 16.5. The molecule has 0 saturated carbocycles. The van der Waals surface area contributed by atoms with Crippen LogP contribution in [0.3, 0.4) is 0 Å². The van der Waals surface area contributed by atoms with Crippen molar-refractivity contribution in [3.63, 3.8) is 0 Å². The minimum absolute atomic E-state index is 0.217. The topological polar surface area (TPSA) is 24.5 Å². The summed E-state index contributed by atoms with van der Waals surface area (Å²) in [5, 5.41) is 3.84. The molecule has 1 fully saturated rings. The van der Waals surface area contributed by atoms with Crippen molar-refractivity contribution < 1.29 is 4.74 Å². The van der Waals surface area contributed by atoms with E-state index in [1.54, 1.807) is 7.11 Å². The summed E-state index contributed by atoms with van der Waals surface area (Å²) in [5.74, 6) is 0.988. The van der Waals surface area contributed by atoms with E-state index in [2.05, 4.69) is 49.3 Å². The molecular weight excluding hydrogens is 260 g/mol. The number of ether oxygens (including phenoxy) is 1. The molecule has 1 aliphatic carbocycles. The Morgan fingerprint density at radius 1 is 1.43 bits per heavy atom. The van der Waals surface area contributed by atoms with E-state index in [0.717, 1.165) is 18.7 Å². The third kappa shape index (κ3) is 2.36. The molecule has 1 aromatic carbocycles. The van der Waals surface area contributed by atoms with Gasteiger partial charge in [-0.1, -0.05) is 19.9 Å². The van der Waals surface area contributed by atoms with Crippen molar-refractivity contribution >= 4 is 0 Å². The predicted molar refractivity (Wildman–Crippen MR) is 87.2 cm³/mol. The van der Waals surface area contributed by atoms with Crippen LogP contribution in [0.15, 0.2) is 18.2 Å². The second kappa shape index (κ2) is 5.62. The molecule has 0 radical (unpaired) electrons. The molecule has 0 aromatic heterocycles. The summed E-state index contributed by atoms with van der Waals surface area (Å²) in [7, 11) is 4.04. The third-order valence-electron chi connectivity index (χ3n) is 5.60. The quantitative estimate of drug-likeness (QED) is 0.921. The van der Waals surface area contributed by atoms with E-state index in [4.69, 9.17) is 4.74 Å². The maximum atomic E-state index is 5.47. The van der Waals surface area contributed by atoms with Gasteiger partial charge in [-0.05, 0) is 62.7 Å². The zero-order chi connectivity index (χ0) is 15.0. The fraction of sp³-hybridized carbons (Fsp3) is 0.667. The normalized spacial score (nSPS) is 31.8. The SMILES string of the molecule is CCCNC1[C@H]2Cc3ccc(OC)cc3C1(C)CCN2C. The molecule has 2 unspecified atom stereocenters. The smallest absolute Gasteiger partial charge is 0.119 e. The second-order valence-corrected chi connectivity index (χ2v) is 6.87. The van der Waals surface area contributed by atoms with E-state index in [-0.39, 0.29) is 5.41 Å².